The van der Waals surface area contributed by atoms with Gasteiger partial charge in [-0.15, -0.1) is 0 Å². The van der Waals surface area contributed by atoms with Crippen molar-refractivity contribution in [2.75, 3.05) is 5.32 Å². The van der Waals surface area contributed by atoms with Crippen molar-refractivity contribution in [3.05, 3.63) is 29.3 Å². The molecule has 2 bridgehead atoms. The van der Waals surface area contributed by atoms with E-state index in [2.05, 4.69) is 47.2 Å². The number of anilines is 1. The van der Waals surface area contributed by atoms with Gasteiger partial charge in [0.25, 0.3) is 0 Å². The fourth-order valence-corrected chi connectivity index (χ4v) is 5.98. The Morgan fingerprint density at radius 3 is 2.54 bits per heavy atom. The predicted octanol–water partition coefficient (Wildman–Crippen LogP) is 3.32. The molecule has 1 N–H and O–H groups in total. The number of ether oxygens (including phenoxy) is 1. The first-order valence-corrected chi connectivity index (χ1v) is 9.74. The quantitative estimate of drug-likeness (QED) is 0.632. The first kappa shape index (κ1) is 16.1. The largest absolute Gasteiger partial charge is 0.461 e. The highest BCUT2D eigenvalue weighted by Crippen LogP contribution is 2.60. The predicted molar refractivity (Wildman–Crippen MR) is 95.0 cm³/mol. The lowest BCUT2D eigenvalue weighted by Crippen LogP contribution is -2.40. The summed E-state index contributed by atoms with van der Waals surface area (Å²) in [5.74, 6) is -0.350. The number of esters is 1. The van der Waals surface area contributed by atoms with Crippen LogP contribution in [0, 0.1) is 23.7 Å². The van der Waals surface area contributed by atoms with Gasteiger partial charge in [-0.05, 0) is 36.3 Å². The minimum Gasteiger partial charge on any atom is -0.461 e. The van der Waals surface area contributed by atoms with E-state index in [-0.39, 0.29) is 46.5 Å². The molecule has 3 fully saturated rings. The van der Waals surface area contributed by atoms with Gasteiger partial charge in [-0.25, -0.2) is 0 Å². The molecular weight excluding hydrogens is 370 g/mol. The van der Waals surface area contributed by atoms with Gasteiger partial charge in [-0.1, -0.05) is 48.0 Å². The van der Waals surface area contributed by atoms with Crippen LogP contribution in [0.3, 0.4) is 0 Å². The lowest BCUT2D eigenvalue weighted by Gasteiger charge is -2.28. The van der Waals surface area contributed by atoms with Gasteiger partial charge in [-0.2, -0.15) is 0 Å². The second-order valence-corrected chi connectivity index (χ2v) is 8.17. The summed E-state index contributed by atoms with van der Waals surface area (Å²) in [6.45, 7) is 4.19. The summed E-state index contributed by atoms with van der Waals surface area (Å²) in [5.41, 5.74) is 3.23. The molecule has 2 aliphatic carbocycles. The second kappa shape index (κ2) is 5.87. The topological polar surface area (TPSA) is 55.4 Å². The molecule has 5 heteroatoms. The Balaban J connectivity index is 1.63. The molecule has 3 aliphatic rings. The van der Waals surface area contributed by atoms with Crippen molar-refractivity contribution in [1.29, 1.82) is 0 Å². The molecule has 0 unspecified atom stereocenters. The molecule has 128 valence electrons. The maximum Gasteiger partial charge on any atom is 0.310 e. The number of para-hydroxylation sites is 1. The molecule has 6 atom stereocenters. The Bertz CT molecular complexity index is 682. The molecule has 0 aromatic heterocycles. The second-order valence-electron chi connectivity index (χ2n) is 7.11. The average molecular weight is 392 g/mol. The third-order valence-corrected chi connectivity index (χ3v) is 7.27. The first-order chi connectivity index (χ1) is 11.6. The monoisotopic (exact) mass is 391 g/mol. The van der Waals surface area contributed by atoms with Gasteiger partial charge in [0.15, 0.2) is 0 Å². The zero-order chi connectivity index (χ0) is 17.0. The maximum atomic E-state index is 13.1. The van der Waals surface area contributed by atoms with Crippen molar-refractivity contribution in [2.24, 2.45) is 23.7 Å². The molecule has 4 nitrogen and oxygen atoms in total. The number of aryl methyl sites for hydroxylation is 2. The summed E-state index contributed by atoms with van der Waals surface area (Å²) in [6.07, 6.45) is 2.61. The lowest BCUT2D eigenvalue weighted by molar-refractivity contribution is -0.145. The summed E-state index contributed by atoms with van der Waals surface area (Å²) in [4.78, 5) is 25.4. The van der Waals surface area contributed by atoms with Crippen LogP contribution >= 0.6 is 15.9 Å². The maximum absolute atomic E-state index is 13.1. The summed E-state index contributed by atoms with van der Waals surface area (Å²) in [6, 6.07) is 6.16. The van der Waals surface area contributed by atoms with E-state index in [0.717, 1.165) is 36.1 Å². The number of nitrogens with one attached hydrogen (secondary N) is 1. The highest BCUT2D eigenvalue weighted by molar-refractivity contribution is 9.09. The van der Waals surface area contributed by atoms with Gasteiger partial charge in [0.05, 0.1) is 16.7 Å². The third-order valence-electron chi connectivity index (χ3n) is 6.07. The van der Waals surface area contributed by atoms with Gasteiger partial charge in [0.2, 0.25) is 5.91 Å². The number of hydrogen-bond acceptors (Lipinski definition) is 3. The van der Waals surface area contributed by atoms with Crippen LogP contribution in [0.4, 0.5) is 5.69 Å². The SMILES string of the molecule is CCc1cccc(CC)c1NC(=O)[C@@H]1[C@H]2C[C@H]3[C@H](OC(=O)[C@@H]31)[C@@H]2Br. The van der Waals surface area contributed by atoms with E-state index in [1.54, 1.807) is 0 Å². The Morgan fingerprint density at radius 2 is 1.92 bits per heavy atom. The normalized spacial score (nSPS) is 36.0. The molecule has 4 rings (SSSR count). The summed E-state index contributed by atoms with van der Waals surface area (Å²) in [7, 11) is 0. The zero-order valence-electron chi connectivity index (χ0n) is 13.9. The van der Waals surface area contributed by atoms with Crippen LogP contribution in [-0.2, 0) is 27.2 Å². The molecule has 2 saturated carbocycles. The van der Waals surface area contributed by atoms with Crippen LogP contribution in [-0.4, -0.2) is 22.8 Å². The minimum atomic E-state index is -0.278. The van der Waals surface area contributed by atoms with Gasteiger partial charge in [0.1, 0.15) is 6.10 Å². The van der Waals surface area contributed by atoms with E-state index in [1.165, 1.54) is 0 Å². The molecular formula is C19H22BrNO3. The molecule has 1 saturated heterocycles. The van der Waals surface area contributed by atoms with Crippen molar-refractivity contribution in [3.8, 4) is 0 Å². The molecule has 0 radical (unpaired) electrons. The lowest BCUT2D eigenvalue weighted by atomic mass is 9.79. The molecule has 1 heterocycles. The average Bonchev–Trinajstić information content (AvgIpc) is 3.19. The van der Waals surface area contributed by atoms with Gasteiger partial charge in [0, 0.05) is 11.6 Å². The summed E-state index contributed by atoms with van der Waals surface area (Å²) >= 11 is 3.67. The van der Waals surface area contributed by atoms with Gasteiger partial charge < -0.3 is 10.1 Å². The zero-order valence-corrected chi connectivity index (χ0v) is 15.5. The molecule has 1 aliphatic heterocycles. The van der Waals surface area contributed by atoms with Crippen molar-refractivity contribution in [2.45, 2.75) is 44.0 Å². The summed E-state index contributed by atoms with van der Waals surface area (Å²) in [5, 5.41) is 3.16. The highest BCUT2D eigenvalue weighted by atomic mass is 79.9. The number of fused-ring (bicyclic) bond motifs is 1. The van der Waals surface area contributed by atoms with E-state index in [9.17, 15) is 9.59 Å². The first-order valence-electron chi connectivity index (χ1n) is 8.83. The van der Waals surface area contributed by atoms with Gasteiger partial charge >= 0.3 is 5.97 Å². The van der Waals surface area contributed by atoms with Crippen LogP contribution in [0.5, 0.6) is 0 Å². The number of benzene rings is 1. The number of amides is 1. The Morgan fingerprint density at radius 1 is 1.25 bits per heavy atom. The van der Waals surface area contributed by atoms with E-state index in [0.29, 0.717) is 0 Å². The number of carbonyl (C=O) groups is 2. The number of rotatable bonds is 4. The van der Waals surface area contributed by atoms with Gasteiger partial charge in [-0.3, -0.25) is 9.59 Å². The molecule has 1 aromatic carbocycles. The van der Waals surface area contributed by atoms with Crippen molar-refractivity contribution in [1.82, 2.24) is 0 Å². The van der Waals surface area contributed by atoms with Crippen LogP contribution in [0.2, 0.25) is 0 Å². The van der Waals surface area contributed by atoms with Crippen LogP contribution in [0.15, 0.2) is 18.2 Å². The molecule has 1 amide bonds. The van der Waals surface area contributed by atoms with Crippen LogP contribution in [0.25, 0.3) is 0 Å². The highest BCUT2D eigenvalue weighted by Gasteiger charge is 2.67. The van der Waals surface area contributed by atoms with Crippen LogP contribution < -0.4 is 5.32 Å². The third kappa shape index (κ3) is 2.17. The van der Waals surface area contributed by atoms with Crippen LogP contribution in [0.1, 0.15) is 31.4 Å². The van der Waals surface area contributed by atoms with E-state index >= 15 is 0 Å². The van der Waals surface area contributed by atoms with Crippen molar-refractivity contribution >= 4 is 33.5 Å². The Hall–Kier alpha value is -1.36. The molecule has 24 heavy (non-hydrogen) atoms. The number of halogens is 1. The van der Waals surface area contributed by atoms with E-state index in [4.69, 9.17) is 4.74 Å². The van der Waals surface area contributed by atoms with Crippen molar-refractivity contribution in [3.63, 3.8) is 0 Å². The molecule has 1 aromatic rings. The number of hydrogen-bond donors (Lipinski definition) is 1. The Labute approximate surface area is 150 Å². The van der Waals surface area contributed by atoms with E-state index < -0.39 is 0 Å². The smallest absolute Gasteiger partial charge is 0.310 e. The van der Waals surface area contributed by atoms with Crippen molar-refractivity contribution < 1.29 is 14.3 Å². The fourth-order valence-electron chi connectivity index (χ4n) is 4.94. The number of carbonyl (C=O) groups excluding carboxylic acids is 2. The Kier molecular flexibility index (Phi) is 3.94. The molecule has 0 spiro atoms. The standard InChI is InChI=1S/C19H22BrNO3/c1-3-9-6-5-7-10(4-2)16(9)21-18(22)13-11-8-12-14(13)19(23)24-17(12)15(11)20/h5-7,11-15,17H,3-4,8H2,1-2H3,(H,21,22)/t11-,12-,13-,14+,15-,17+/m1/s1. The number of alkyl halides is 1. The minimum absolute atomic E-state index is 0.0233. The fraction of sp³-hybridized carbons (Fsp3) is 0.579. The van der Waals surface area contributed by atoms with E-state index in [1.807, 2.05) is 6.07 Å². The summed E-state index contributed by atoms with van der Waals surface area (Å²) < 4.78 is 5.51.